The molecule has 1 aliphatic carbocycles. The predicted molar refractivity (Wildman–Crippen MR) is 222 cm³/mol. The highest BCUT2D eigenvalue weighted by molar-refractivity contribution is 6.25. The lowest BCUT2D eigenvalue weighted by atomic mass is 10.0. The van der Waals surface area contributed by atoms with Crippen molar-refractivity contribution in [2.45, 2.75) is 44.4 Å². The second-order valence-corrected chi connectivity index (χ2v) is 15.2. The van der Waals surface area contributed by atoms with Gasteiger partial charge in [0, 0.05) is 50.0 Å². The van der Waals surface area contributed by atoms with E-state index >= 15 is 0 Å². The maximum atomic E-state index is 14.0. The van der Waals surface area contributed by atoms with E-state index in [9.17, 15) is 37.1 Å². The van der Waals surface area contributed by atoms with Crippen LogP contribution in [0.4, 0.5) is 30.4 Å². The molecular weight excluding hydrogens is 842 g/mol. The molecular formula is C43H43F3N10O8. The van der Waals surface area contributed by atoms with E-state index in [4.69, 9.17) is 13.9 Å². The number of hydrogen-bond acceptors (Lipinski definition) is 14. The highest BCUT2D eigenvalue weighted by Gasteiger charge is 2.45. The minimum atomic E-state index is -4.86. The number of nitrogens with zero attached hydrogens (tertiary/aromatic N) is 5. The lowest BCUT2D eigenvalue weighted by Gasteiger charge is -2.27. The smallest absolute Gasteiger partial charge is 0.437 e. The largest absolute Gasteiger partial charge is 0.444 e. The maximum Gasteiger partial charge on any atom is 0.437 e. The van der Waals surface area contributed by atoms with E-state index in [1.807, 2.05) is 0 Å². The van der Waals surface area contributed by atoms with Gasteiger partial charge in [0.15, 0.2) is 11.4 Å². The molecule has 8 rings (SSSR count). The summed E-state index contributed by atoms with van der Waals surface area (Å²) in [6, 6.07) is 13.9. The van der Waals surface area contributed by atoms with Gasteiger partial charge in [-0.2, -0.15) is 18.3 Å². The summed E-state index contributed by atoms with van der Waals surface area (Å²) in [5, 5.41) is 17.8. The van der Waals surface area contributed by atoms with Crippen molar-refractivity contribution in [2.75, 3.05) is 62.0 Å². The second-order valence-electron chi connectivity index (χ2n) is 15.2. The van der Waals surface area contributed by atoms with E-state index in [0.29, 0.717) is 68.1 Å². The van der Waals surface area contributed by atoms with Crippen LogP contribution in [0.3, 0.4) is 0 Å². The van der Waals surface area contributed by atoms with Gasteiger partial charge in [-0.15, -0.1) is 0 Å². The summed E-state index contributed by atoms with van der Waals surface area (Å²) in [6.07, 6.45) is 1.33. The summed E-state index contributed by atoms with van der Waals surface area (Å²) in [5.41, 5.74) is 0.510. The average Bonchev–Trinajstić information content (AvgIpc) is 3.67. The van der Waals surface area contributed by atoms with E-state index in [1.54, 1.807) is 54.7 Å². The van der Waals surface area contributed by atoms with Crippen LogP contribution in [0.25, 0.3) is 17.1 Å². The molecule has 18 nitrogen and oxygen atoms in total. The van der Waals surface area contributed by atoms with Crippen molar-refractivity contribution >= 4 is 46.7 Å². The summed E-state index contributed by atoms with van der Waals surface area (Å²) in [5.74, 6) is -1.84. The molecule has 5 N–H and O–H groups in total. The van der Waals surface area contributed by atoms with Gasteiger partial charge in [-0.1, -0.05) is 18.2 Å². The number of alkyl halides is 3. The molecule has 2 aromatic carbocycles. The van der Waals surface area contributed by atoms with Gasteiger partial charge in [0.1, 0.15) is 18.1 Å². The Labute approximate surface area is 363 Å². The number of halogens is 3. The number of carbonyl (C=O) groups excluding carboxylic acids is 5. The Morgan fingerprint density at radius 2 is 1.69 bits per heavy atom. The van der Waals surface area contributed by atoms with Crippen LogP contribution < -0.4 is 26.6 Å². The zero-order valence-corrected chi connectivity index (χ0v) is 34.2. The summed E-state index contributed by atoms with van der Waals surface area (Å²) >= 11 is 0. The Balaban J connectivity index is 0.739. The van der Waals surface area contributed by atoms with Gasteiger partial charge in [-0.05, 0) is 67.1 Å². The van der Waals surface area contributed by atoms with Crippen LogP contribution in [0.15, 0.2) is 77.7 Å². The average molecular weight is 885 g/mol. The molecule has 2 aliphatic heterocycles. The van der Waals surface area contributed by atoms with Crippen molar-refractivity contribution in [1.29, 1.82) is 0 Å². The number of imide groups is 2. The highest BCUT2D eigenvalue weighted by atomic mass is 19.4. The Morgan fingerprint density at radius 1 is 0.906 bits per heavy atom. The topological polar surface area (TPSA) is 224 Å². The number of anilines is 3. The molecule has 1 unspecified atom stereocenters. The zero-order valence-electron chi connectivity index (χ0n) is 34.2. The van der Waals surface area contributed by atoms with Gasteiger partial charge >= 0.3 is 6.18 Å². The molecule has 0 bridgehead atoms. The number of benzene rings is 2. The minimum absolute atomic E-state index is 0.0353. The summed E-state index contributed by atoms with van der Waals surface area (Å²) < 4.78 is 59.9. The van der Waals surface area contributed by atoms with Crippen LogP contribution >= 0.6 is 0 Å². The molecule has 1 saturated heterocycles. The van der Waals surface area contributed by atoms with Crippen molar-refractivity contribution in [3.05, 3.63) is 101 Å². The van der Waals surface area contributed by atoms with E-state index in [1.165, 1.54) is 18.9 Å². The number of pyridine rings is 1. The molecule has 21 heteroatoms. The van der Waals surface area contributed by atoms with E-state index in [-0.39, 0.29) is 42.2 Å². The fraction of sp³-hybridized carbons (Fsp3) is 0.349. The molecule has 5 heterocycles. The number of carbonyl (C=O) groups is 5. The number of amides is 5. The normalized spacial score (nSPS) is 16.2. The lowest BCUT2D eigenvalue weighted by Crippen LogP contribution is -2.54. The number of piperidine rings is 1. The van der Waals surface area contributed by atoms with Crippen LogP contribution in [0.2, 0.25) is 0 Å². The molecule has 64 heavy (non-hydrogen) atoms. The molecule has 0 spiro atoms. The molecule has 5 aromatic rings. The van der Waals surface area contributed by atoms with Crippen LogP contribution in [-0.2, 0) is 31.8 Å². The Morgan fingerprint density at radius 3 is 2.44 bits per heavy atom. The van der Waals surface area contributed by atoms with Crippen molar-refractivity contribution in [1.82, 2.24) is 35.3 Å². The van der Waals surface area contributed by atoms with E-state index in [0.717, 1.165) is 34.1 Å². The monoisotopic (exact) mass is 884 g/mol. The number of aromatic nitrogens is 4. The summed E-state index contributed by atoms with van der Waals surface area (Å²) in [6.45, 7) is 3.38. The van der Waals surface area contributed by atoms with Crippen LogP contribution in [-0.4, -0.2) is 106 Å². The quantitative estimate of drug-likeness (QED) is 0.0531. The predicted octanol–water partition coefficient (Wildman–Crippen LogP) is 4.65. The fourth-order valence-corrected chi connectivity index (χ4v) is 7.12. The first kappa shape index (κ1) is 43.7. The molecule has 5 amide bonds. The van der Waals surface area contributed by atoms with Crippen LogP contribution in [0.5, 0.6) is 0 Å². The number of ether oxygens (including phenoxy) is 2. The number of oxazole rings is 1. The Bertz CT molecular complexity index is 2540. The number of hydrogen-bond donors (Lipinski definition) is 5. The molecule has 334 valence electrons. The number of rotatable bonds is 20. The van der Waals surface area contributed by atoms with Crippen molar-refractivity contribution < 1.29 is 51.0 Å². The van der Waals surface area contributed by atoms with Crippen LogP contribution in [0, 0.1) is 5.92 Å². The second kappa shape index (κ2) is 19.2. The van der Waals surface area contributed by atoms with Gasteiger partial charge in [-0.3, -0.25) is 34.2 Å². The van der Waals surface area contributed by atoms with Crippen molar-refractivity contribution in [3.63, 3.8) is 0 Å². The van der Waals surface area contributed by atoms with Gasteiger partial charge in [0.2, 0.25) is 17.7 Å². The van der Waals surface area contributed by atoms with Gasteiger partial charge in [0.05, 0.1) is 55.1 Å². The molecule has 1 atom stereocenters. The first-order chi connectivity index (χ1) is 30.9. The minimum Gasteiger partial charge on any atom is -0.444 e. The van der Waals surface area contributed by atoms with Gasteiger partial charge < -0.3 is 35.2 Å². The molecule has 1 saturated carbocycles. The first-order valence-electron chi connectivity index (χ1n) is 20.6. The highest BCUT2D eigenvalue weighted by Crippen LogP contribution is 2.35. The van der Waals surface area contributed by atoms with Gasteiger partial charge in [-0.25, -0.2) is 14.6 Å². The summed E-state index contributed by atoms with van der Waals surface area (Å²) in [7, 11) is 0. The molecule has 0 radical (unpaired) electrons. The summed E-state index contributed by atoms with van der Waals surface area (Å²) in [4.78, 5) is 72.6. The Kier molecular flexibility index (Phi) is 13.1. The number of fused-ring (bicyclic) bond motifs is 1. The molecule has 3 aromatic heterocycles. The molecule has 2 fully saturated rings. The standard InChI is InChI=1S/C43H43F3N10O8/c44-43(45,46)37-31(51-38(58)32-24-64-40(52-32)27-12-13-49-34(20-27)50-22-26-4-5-26)23-55(54-37)28-8-6-25(7-9-28)21-47-14-16-62-18-19-63-17-15-48-30-3-1-2-29-36(30)42(61)56(41(29)60)33-10-11-35(57)53-39(33)59/h1-3,6-9,12-13,20,23-24,26,33,47-48H,4-5,10-11,14-19,21-22H2,(H,49,50)(H,51,58)(H,53,57,59). The van der Waals surface area contributed by atoms with Crippen LogP contribution in [0.1, 0.15) is 68.1 Å². The van der Waals surface area contributed by atoms with Crippen molar-refractivity contribution in [2.24, 2.45) is 5.92 Å². The van der Waals surface area contributed by atoms with E-state index in [2.05, 4.69) is 41.7 Å². The van der Waals surface area contributed by atoms with Crippen molar-refractivity contribution in [3.8, 4) is 17.1 Å². The maximum absolute atomic E-state index is 14.0. The number of nitrogens with one attached hydrogen (secondary N) is 5. The first-order valence-corrected chi connectivity index (χ1v) is 20.6. The fourth-order valence-electron chi connectivity index (χ4n) is 7.12. The lowest BCUT2D eigenvalue weighted by molar-refractivity contribution is -0.140. The zero-order chi connectivity index (χ0) is 44.8. The SMILES string of the molecule is O=C1CCC(N2C(=O)c3cccc(NCCOCCOCCNCc4ccc(-n5cc(NC(=O)c6coc(-c7ccnc(NCC8CC8)c7)n6)c(C(F)(F)F)n5)cc4)c3C2=O)C(=O)N1. The third-order valence-electron chi connectivity index (χ3n) is 10.6. The molecule has 3 aliphatic rings. The Hall–Kier alpha value is -6.97. The van der Waals surface area contributed by atoms with Gasteiger partial charge in [0.25, 0.3) is 17.7 Å². The third kappa shape index (κ3) is 10.3. The van der Waals surface area contributed by atoms with E-state index < -0.39 is 53.1 Å². The third-order valence-corrected chi connectivity index (χ3v) is 10.6.